The van der Waals surface area contributed by atoms with Crippen LogP contribution in [0.25, 0.3) is 5.69 Å². The van der Waals surface area contributed by atoms with Crippen LogP contribution in [0.15, 0.2) is 42.7 Å². The van der Waals surface area contributed by atoms with Crippen molar-refractivity contribution in [2.24, 2.45) is 0 Å². The maximum Gasteiger partial charge on any atom is 0.0645 e. The van der Waals surface area contributed by atoms with Gasteiger partial charge in [-0.1, -0.05) is 18.2 Å². The van der Waals surface area contributed by atoms with E-state index in [1.807, 2.05) is 29.1 Å². The highest BCUT2D eigenvalue weighted by Gasteiger charge is 2.00. The molecule has 0 amide bonds. The highest BCUT2D eigenvalue weighted by Crippen LogP contribution is 2.07. The predicted octanol–water partition coefficient (Wildman–Crippen LogP) is 1.91. The van der Waals surface area contributed by atoms with Gasteiger partial charge in [0.15, 0.2) is 0 Å². The molecule has 0 spiro atoms. The van der Waals surface area contributed by atoms with Crippen LogP contribution in [0.2, 0.25) is 0 Å². The number of aromatic nitrogens is 2. The number of para-hydroxylation sites is 1. The lowest BCUT2D eigenvalue weighted by atomic mass is 10.3. The topological polar surface area (TPSA) is 33.1 Å². The van der Waals surface area contributed by atoms with Crippen LogP contribution in [0.4, 0.5) is 0 Å². The Balaban J connectivity index is 1.78. The SMILES string of the molecule is CN(C)CCCNCc1cnn(-c2ccccc2)c1. The lowest BCUT2D eigenvalue weighted by Crippen LogP contribution is -2.20. The monoisotopic (exact) mass is 258 g/mol. The minimum absolute atomic E-state index is 0.875. The smallest absolute Gasteiger partial charge is 0.0645 e. The number of hydrogen-bond acceptors (Lipinski definition) is 3. The largest absolute Gasteiger partial charge is 0.313 e. The van der Waals surface area contributed by atoms with Gasteiger partial charge in [0, 0.05) is 18.3 Å². The molecule has 19 heavy (non-hydrogen) atoms. The number of benzene rings is 1. The first-order valence-electron chi connectivity index (χ1n) is 6.70. The summed E-state index contributed by atoms with van der Waals surface area (Å²) in [6.07, 6.45) is 5.17. The number of hydrogen-bond donors (Lipinski definition) is 1. The van der Waals surface area contributed by atoms with Gasteiger partial charge in [0.1, 0.15) is 0 Å². The zero-order chi connectivity index (χ0) is 13.5. The molecule has 1 aromatic carbocycles. The van der Waals surface area contributed by atoms with Crippen LogP contribution in [0.3, 0.4) is 0 Å². The van der Waals surface area contributed by atoms with Crippen molar-refractivity contribution in [1.82, 2.24) is 20.0 Å². The minimum atomic E-state index is 0.875. The normalized spacial score (nSPS) is 11.1. The molecular formula is C15H22N4. The van der Waals surface area contributed by atoms with Gasteiger partial charge < -0.3 is 10.2 Å². The summed E-state index contributed by atoms with van der Waals surface area (Å²) in [6.45, 7) is 3.03. The van der Waals surface area contributed by atoms with E-state index in [9.17, 15) is 0 Å². The average Bonchev–Trinajstić information content (AvgIpc) is 2.88. The molecule has 0 fully saturated rings. The number of nitrogens with one attached hydrogen (secondary N) is 1. The zero-order valence-corrected chi connectivity index (χ0v) is 11.7. The number of rotatable bonds is 7. The van der Waals surface area contributed by atoms with Gasteiger partial charge in [-0.2, -0.15) is 5.10 Å². The summed E-state index contributed by atoms with van der Waals surface area (Å²) in [5.74, 6) is 0. The zero-order valence-electron chi connectivity index (χ0n) is 11.7. The van der Waals surface area contributed by atoms with E-state index in [1.54, 1.807) is 0 Å². The van der Waals surface area contributed by atoms with Gasteiger partial charge in [-0.3, -0.25) is 0 Å². The molecule has 0 bridgehead atoms. The van der Waals surface area contributed by atoms with Crippen molar-refractivity contribution in [3.63, 3.8) is 0 Å². The van der Waals surface area contributed by atoms with Crippen molar-refractivity contribution < 1.29 is 0 Å². The second-order valence-corrected chi connectivity index (χ2v) is 4.96. The molecular weight excluding hydrogens is 236 g/mol. The summed E-state index contributed by atoms with van der Waals surface area (Å²) in [5.41, 5.74) is 2.31. The predicted molar refractivity (Wildman–Crippen MR) is 78.4 cm³/mol. The fourth-order valence-electron chi connectivity index (χ4n) is 1.93. The van der Waals surface area contributed by atoms with E-state index < -0.39 is 0 Å². The van der Waals surface area contributed by atoms with Crippen molar-refractivity contribution in [3.8, 4) is 5.69 Å². The Morgan fingerprint density at radius 1 is 1.21 bits per heavy atom. The maximum atomic E-state index is 4.38. The van der Waals surface area contributed by atoms with Gasteiger partial charge in [-0.25, -0.2) is 4.68 Å². The van der Waals surface area contributed by atoms with E-state index in [2.05, 4.69) is 47.7 Å². The summed E-state index contributed by atoms with van der Waals surface area (Å²) in [5, 5.41) is 7.82. The van der Waals surface area contributed by atoms with Gasteiger partial charge in [0.05, 0.1) is 11.9 Å². The number of nitrogens with zero attached hydrogens (tertiary/aromatic N) is 3. The molecule has 4 heteroatoms. The van der Waals surface area contributed by atoms with Crippen LogP contribution in [0.1, 0.15) is 12.0 Å². The highest BCUT2D eigenvalue weighted by atomic mass is 15.3. The van der Waals surface area contributed by atoms with E-state index in [4.69, 9.17) is 0 Å². The summed E-state index contributed by atoms with van der Waals surface area (Å²) in [4.78, 5) is 2.20. The Labute approximate surface area is 115 Å². The molecule has 2 rings (SSSR count). The average molecular weight is 258 g/mol. The molecule has 1 N–H and O–H groups in total. The van der Waals surface area contributed by atoms with Crippen molar-refractivity contribution >= 4 is 0 Å². The van der Waals surface area contributed by atoms with E-state index >= 15 is 0 Å². The molecule has 1 heterocycles. The Morgan fingerprint density at radius 2 is 2.00 bits per heavy atom. The Morgan fingerprint density at radius 3 is 2.74 bits per heavy atom. The second-order valence-electron chi connectivity index (χ2n) is 4.96. The highest BCUT2D eigenvalue weighted by molar-refractivity contribution is 5.30. The van der Waals surface area contributed by atoms with Gasteiger partial charge in [0.25, 0.3) is 0 Å². The summed E-state index contributed by atoms with van der Waals surface area (Å²) in [7, 11) is 4.20. The third-order valence-electron chi connectivity index (χ3n) is 2.94. The van der Waals surface area contributed by atoms with Gasteiger partial charge in [0.2, 0.25) is 0 Å². The maximum absolute atomic E-state index is 4.38. The van der Waals surface area contributed by atoms with Crippen LogP contribution in [-0.2, 0) is 6.54 Å². The first-order chi connectivity index (χ1) is 9.25. The molecule has 0 radical (unpaired) electrons. The fraction of sp³-hybridized carbons (Fsp3) is 0.400. The van der Waals surface area contributed by atoms with Crippen LogP contribution in [-0.4, -0.2) is 41.9 Å². The van der Waals surface area contributed by atoms with Crippen LogP contribution in [0, 0.1) is 0 Å². The minimum Gasteiger partial charge on any atom is -0.313 e. The molecule has 102 valence electrons. The Bertz CT molecular complexity index is 476. The molecule has 0 saturated heterocycles. The standard InChI is InChI=1S/C15H22N4/c1-18(2)10-6-9-16-11-14-12-17-19(13-14)15-7-4-3-5-8-15/h3-5,7-8,12-13,16H,6,9-11H2,1-2H3. The van der Waals surface area contributed by atoms with E-state index in [-0.39, 0.29) is 0 Å². The molecule has 0 aliphatic rings. The third kappa shape index (κ3) is 4.50. The molecule has 1 aromatic heterocycles. The van der Waals surface area contributed by atoms with Gasteiger partial charge in [-0.15, -0.1) is 0 Å². The van der Waals surface area contributed by atoms with Crippen LogP contribution < -0.4 is 5.32 Å². The van der Waals surface area contributed by atoms with Crippen molar-refractivity contribution in [2.45, 2.75) is 13.0 Å². The van der Waals surface area contributed by atoms with Crippen LogP contribution >= 0.6 is 0 Å². The van der Waals surface area contributed by atoms with Crippen molar-refractivity contribution in [1.29, 1.82) is 0 Å². The molecule has 2 aromatic rings. The lowest BCUT2D eigenvalue weighted by molar-refractivity contribution is 0.394. The van der Waals surface area contributed by atoms with E-state index in [0.717, 1.165) is 25.3 Å². The quantitative estimate of drug-likeness (QED) is 0.770. The first kappa shape index (κ1) is 13.8. The van der Waals surface area contributed by atoms with Gasteiger partial charge >= 0.3 is 0 Å². The first-order valence-corrected chi connectivity index (χ1v) is 6.70. The van der Waals surface area contributed by atoms with Crippen LogP contribution in [0.5, 0.6) is 0 Å². The summed E-state index contributed by atoms with van der Waals surface area (Å²) in [6, 6.07) is 10.2. The molecule has 0 atom stereocenters. The van der Waals surface area contributed by atoms with Crippen molar-refractivity contribution in [3.05, 3.63) is 48.3 Å². The molecule has 4 nitrogen and oxygen atoms in total. The third-order valence-corrected chi connectivity index (χ3v) is 2.94. The van der Waals surface area contributed by atoms with Crippen molar-refractivity contribution in [2.75, 3.05) is 27.2 Å². The second kappa shape index (κ2) is 7.07. The lowest BCUT2D eigenvalue weighted by Gasteiger charge is -2.09. The van der Waals surface area contributed by atoms with E-state index in [1.165, 1.54) is 12.0 Å². The Hall–Kier alpha value is -1.65. The summed E-state index contributed by atoms with van der Waals surface area (Å²) < 4.78 is 1.91. The Kier molecular flexibility index (Phi) is 5.12. The molecule has 0 saturated carbocycles. The molecule has 0 aliphatic carbocycles. The fourth-order valence-corrected chi connectivity index (χ4v) is 1.93. The van der Waals surface area contributed by atoms with E-state index in [0.29, 0.717) is 0 Å². The van der Waals surface area contributed by atoms with Gasteiger partial charge in [-0.05, 0) is 45.7 Å². The molecule has 0 aliphatic heterocycles. The summed E-state index contributed by atoms with van der Waals surface area (Å²) >= 11 is 0. The molecule has 0 unspecified atom stereocenters.